The van der Waals surface area contributed by atoms with Gasteiger partial charge in [-0.1, -0.05) is 50.8 Å². The van der Waals surface area contributed by atoms with Crippen LogP contribution < -0.4 is 5.32 Å². The molecule has 4 heteroatoms. The van der Waals surface area contributed by atoms with Gasteiger partial charge in [-0.3, -0.25) is 0 Å². The van der Waals surface area contributed by atoms with Crippen molar-refractivity contribution in [2.75, 3.05) is 7.11 Å². The number of aryl methyl sites for hydroxylation is 1. The first-order chi connectivity index (χ1) is 10.3. The lowest BCUT2D eigenvalue weighted by molar-refractivity contribution is -0.134. The Labute approximate surface area is 133 Å². The maximum atomic E-state index is 11.4. The molecule has 1 atom stereocenters. The molecule has 1 aromatic carbocycles. The molecule has 0 aliphatic rings. The number of hydrogen-bond acceptors (Lipinski definition) is 2. The van der Waals surface area contributed by atoms with Crippen molar-refractivity contribution in [3.63, 3.8) is 0 Å². The van der Waals surface area contributed by atoms with E-state index in [2.05, 4.69) is 62.4 Å². The van der Waals surface area contributed by atoms with Crippen LogP contribution in [-0.2, 0) is 16.6 Å². The fraction of sp³-hybridized carbons (Fsp3) is 0.389. The molecular weight excluding hydrogens is 290 g/mol. The molecule has 0 aliphatic carbocycles. The highest BCUT2D eigenvalue weighted by molar-refractivity contribution is 6.88. The Hall–Kier alpha value is -1.81. The Bertz CT molecular complexity index is 722. The van der Waals surface area contributed by atoms with Crippen LogP contribution in [0.1, 0.15) is 18.4 Å². The second-order valence-corrected chi connectivity index (χ2v) is 11.7. The number of methoxy groups -OCH3 is 1. The van der Waals surface area contributed by atoms with E-state index in [-0.39, 0.29) is 11.9 Å². The quantitative estimate of drug-likeness (QED) is 0.491. The van der Waals surface area contributed by atoms with E-state index >= 15 is 0 Å². The lowest BCUT2D eigenvalue weighted by Gasteiger charge is -2.22. The Kier molecular flexibility index (Phi) is 4.61. The predicted molar refractivity (Wildman–Crippen MR) is 95.5 cm³/mol. The number of nitrogens with zero attached hydrogens (tertiary/aromatic N) is 1. The van der Waals surface area contributed by atoms with Gasteiger partial charge in [-0.15, -0.1) is 0 Å². The van der Waals surface area contributed by atoms with E-state index in [1.165, 1.54) is 35.0 Å². The molecule has 118 valence electrons. The molecule has 2 aromatic rings. The number of carbonyl (C=O) groups is 1. The molecule has 0 spiro atoms. The maximum absolute atomic E-state index is 11.4. The van der Waals surface area contributed by atoms with Gasteiger partial charge < -0.3 is 9.30 Å². The smallest absolute Gasteiger partial charge is 0.330 e. The van der Waals surface area contributed by atoms with Crippen molar-refractivity contribution in [2.24, 2.45) is 7.05 Å². The molecule has 0 saturated carbocycles. The summed E-state index contributed by atoms with van der Waals surface area (Å²) in [5.41, 5.74) is 2.60. The molecule has 0 radical (unpaired) electrons. The third-order valence-electron chi connectivity index (χ3n) is 4.03. The van der Waals surface area contributed by atoms with Crippen molar-refractivity contribution in [1.29, 1.82) is 0 Å². The predicted octanol–water partition coefficient (Wildman–Crippen LogP) is 3.56. The van der Waals surface area contributed by atoms with E-state index in [1.807, 2.05) is 6.08 Å². The summed E-state index contributed by atoms with van der Waals surface area (Å²) in [5, 5.41) is 2.72. The molecule has 2 rings (SSSR count). The number of esters is 1. The molecule has 0 aliphatic heterocycles. The third-order valence-corrected chi connectivity index (χ3v) is 6.06. The van der Waals surface area contributed by atoms with Crippen molar-refractivity contribution < 1.29 is 9.53 Å². The molecule has 1 aromatic heterocycles. The zero-order chi connectivity index (χ0) is 16.5. The lowest BCUT2D eigenvalue weighted by atomic mass is 10.00. The van der Waals surface area contributed by atoms with Crippen LogP contribution >= 0.6 is 0 Å². The molecule has 1 heterocycles. The van der Waals surface area contributed by atoms with Crippen LogP contribution in [-0.4, -0.2) is 25.7 Å². The summed E-state index contributed by atoms with van der Waals surface area (Å²) in [6.45, 7) is 9.23. The Balaban J connectivity index is 2.65. The van der Waals surface area contributed by atoms with E-state index < -0.39 is 8.07 Å². The Morgan fingerprint density at radius 1 is 1.27 bits per heavy atom. The van der Waals surface area contributed by atoms with E-state index in [9.17, 15) is 4.79 Å². The summed E-state index contributed by atoms with van der Waals surface area (Å²) >= 11 is 0. The third kappa shape index (κ3) is 3.02. The molecule has 0 fully saturated rings. The molecule has 0 N–H and O–H groups in total. The van der Waals surface area contributed by atoms with Crippen molar-refractivity contribution in [1.82, 2.24) is 4.57 Å². The van der Waals surface area contributed by atoms with Crippen molar-refractivity contribution >= 4 is 30.3 Å². The standard InChI is InChI=1S/C18H25NO2Si/c1-13(11-12-16(20)21-3)17-14-9-7-8-10-15(14)19(2)18(17)22(4,5)6/h7-13H,1-6H3/b12-11-/t13-/m0/s1. The monoisotopic (exact) mass is 315 g/mol. The van der Waals surface area contributed by atoms with Gasteiger partial charge in [-0.05, 0) is 11.6 Å². The summed E-state index contributed by atoms with van der Waals surface area (Å²) in [4.78, 5) is 11.4. The van der Waals surface area contributed by atoms with Crippen molar-refractivity contribution in [3.8, 4) is 0 Å². The van der Waals surface area contributed by atoms with Gasteiger partial charge in [-0.25, -0.2) is 4.79 Å². The maximum Gasteiger partial charge on any atom is 0.330 e. The highest BCUT2D eigenvalue weighted by Gasteiger charge is 2.28. The molecule has 3 nitrogen and oxygen atoms in total. The fourth-order valence-corrected chi connectivity index (χ4v) is 5.47. The van der Waals surface area contributed by atoms with Gasteiger partial charge in [0.05, 0.1) is 15.2 Å². The van der Waals surface area contributed by atoms with Crippen LogP contribution in [0, 0.1) is 0 Å². The van der Waals surface area contributed by atoms with Gasteiger partial charge in [0.1, 0.15) is 0 Å². The minimum Gasteiger partial charge on any atom is -0.466 e. The number of aromatic nitrogens is 1. The molecule has 0 amide bonds. The summed E-state index contributed by atoms with van der Waals surface area (Å²) < 4.78 is 7.04. The topological polar surface area (TPSA) is 31.2 Å². The first-order valence-corrected chi connectivity index (χ1v) is 11.1. The van der Waals surface area contributed by atoms with Crippen LogP contribution in [0.4, 0.5) is 0 Å². The first kappa shape index (κ1) is 16.6. The lowest BCUT2D eigenvalue weighted by Crippen LogP contribution is -2.44. The number of fused-ring (bicyclic) bond motifs is 1. The van der Waals surface area contributed by atoms with Crippen molar-refractivity contribution in [3.05, 3.63) is 42.0 Å². The number of carbonyl (C=O) groups excluding carboxylic acids is 1. The second-order valence-electron chi connectivity index (χ2n) is 6.76. The highest BCUT2D eigenvalue weighted by atomic mass is 28.3. The normalized spacial score (nSPS) is 13.7. The Morgan fingerprint density at radius 2 is 1.91 bits per heavy atom. The number of rotatable bonds is 4. The van der Waals surface area contributed by atoms with Crippen LogP contribution in [0.3, 0.4) is 0 Å². The van der Waals surface area contributed by atoms with Gasteiger partial charge in [0, 0.05) is 35.3 Å². The van der Waals surface area contributed by atoms with E-state index in [0.29, 0.717) is 0 Å². The Morgan fingerprint density at radius 3 is 2.50 bits per heavy atom. The summed E-state index contributed by atoms with van der Waals surface area (Å²) in [6, 6.07) is 8.50. The first-order valence-electron chi connectivity index (χ1n) is 7.61. The summed E-state index contributed by atoms with van der Waals surface area (Å²) in [7, 11) is 2.03. The zero-order valence-electron chi connectivity index (χ0n) is 14.3. The average molecular weight is 315 g/mol. The number of allylic oxidation sites excluding steroid dienone is 1. The van der Waals surface area contributed by atoms with E-state index in [0.717, 1.165) is 0 Å². The van der Waals surface area contributed by atoms with Crippen LogP contribution in [0.2, 0.25) is 19.6 Å². The number of para-hydroxylation sites is 1. The number of benzene rings is 1. The van der Waals surface area contributed by atoms with Crippen molar-refractivity contribution in [2.45, 2.75) is 32.5 Å². The van der Waals surface area contributed by atoms with Crippen LogP contribution in [0.15, 0.2) is 36.4 Å². The van der Waals surface area contributed by atoms with Gasteiger partial charge in [0.25, 0.3) is 0 Å². The zero-order valence-corrected chi connectivity index (χ0v) is 15.3. The number of hydrogen-bond donors (Lipinski definition) is 0. The summed E-state index contributed by atoms with van der Waals surface area (Å²) in [5.74, 6) is -0.131. The molecule has 0 unspecified atom stereocenters. The SMILES string of the molecule is COC(=O)/C=C\[C@H](C)c1c([Si](C)(C)C)n(C)c2ccccc12. The minimum atomic E-state index is -1.52. The molecule has 0 bridgehead atoms. The van der Waals surface area contributed by atoms with Gasteiger partial charge >= 0.3 is 5.97 Å². The fourth-order valence-electron chi connectivity index (χ4n) is 3.18. The van der Waals surface area contributed by atoms with Crippen LogP contribution in [0.25, 0.3) is 10.9 Å². The van der Waals surface area contributed by atoms with Crippen LogP contribution in [0.5, 0.6) is 0 Å². The average Bonchev–Trinajstić information content (AvgIpc) is 2.78. The van der Waals surface area contributed by atoms with E-state index in [1.54, 1.807) is 0 Å². The largest absolute Gasteiger partial charge is 0.466 e. The molecule has 0 saturated heterocycles. The van der Waals surface area contributed by atoms with Gasteiger partial charge in [-0.2, -0.15) is 0 Å². The second kappa shape index (κ2) is 6.13. The minimum absolute atomic E-state index is 0.173. The summed E-state index contributed by atoms with van der Waals surface area (Å²) in [6.07, 6.45) is 3.47. The van der Waals surface area contributed by atoms with Gasteiger partial charge in [0.2, 0.25) is 0 Å². The van der Waals surface area contributed by atoms with E-state index in [4.69, 9.17) is 4.74 Å². The van der Waals surface area contributed by atoms with Gasteiger partial charge in [0.15, 0.2) is 0 Å². The molecule has 22 heavy (non-hydrogen) atoms. The molecular formula is C18H25NO2Si. The number of ether oxygens (including phenoxy) is 1. The highest BCUT2D eigenvalue weighted by Crippen LogP contribution is 2.28.